The fraction of sp³-hybridized carbons (Fsp3) is 0.0526. The first kappa shape index (κ1) is 22.0. The van der Waals surface area contributed by atoms with Crippen molar-refractivity contribution in [1.82, 2.24) is 0 Å². The van der Waals surface area contributed by atoms with Gasteiger partial charge in [-0.05, 0) is 41.5 Å². The predicted octanol–water partition coefficient (Wildman–Crippen LogP) is 5.89. The number of hydrogen-bond donors (Lipinski definition) is 3. The van der Waals surface area contributed by atoms with Crippen molar-refractivity contribution in [3.63, 3.8) is 0 Å². The van der Waals surface area contributed by atoms with Gasteiger partial charge >= 0.3 is 0 Å². The second-order valence-corrected chi connectivity index (χ2v) is 9.29. The first-order valence-electron chi connectivity index (χ1n) is 7.89. The van der Waals surface area contributed by atoms with Gasteiger partial charge < -0.3 is 10.2 Å². The molecule has 3 N–H and O–H groups in total. The monoisotopic (exact) mass is 492 g/mol. The number of halogens is 4. The lowest BCUT2D eigenvalue weighted by molar-refractivity contribution is 0.455. The molecule has 0 amide bonds. The van der Waals surface area contributed by atoms with Crippen LogP contribution in [0, 0.1) is 0 Å². The van der Waals surface area contributed by atoms with Gasteiger partial charge in [-0.3, -0.25) is 4.55 Å². The van der Waals surface area contributed by atoms with E-state index in [1.807, 2.05) is 0 Å². The first-order valence-corrected chi connectivity index (χ1v) is 10.8. The molecule has 0 aliphatic heterocycles. The molecule has 10 heteroatoms. The Hall–Kier alpha value is -1.67. The molecule has 3 aromatic rings. The van der Waals surface area contributed by atoms with Crippen molar-refractivity contribution in [2.75, 3.05) is 0 Å². The summed E-state index contributed by atoms with van der Waals surface area (Å²) in [6.07, 6.45) is 0. The van der Waals surface area contributed by atoms with Crippen molar-refractivity contribution in [1.29, 1.82) is 0 Å². The van der Waals surface area contributed by atoms with Crippen LogP contribution in [0.15, 0.2) is 54.6 Å². The summed E-state index contributed by atoms with van der Waals surface area (Å²) in [4.78, 5) is 0. The molecule has 0 bridgehead atoms. The lowest BCUT2D eigenvalue weighted by Gasteiger charge is -2.33. The number of aromatic hydroxyl groups is 2. The molecule has 0 saturated carbocycles. The minimum absolute atomic E-state index is 0.0119. The van der Waals surface area contributed by atoms with Crippen LogP contribution in [0.2, 0.25) is 20.1 Å². The van der Waals surface area contributed by atoms with Gasteiger partial charge in [0.25, 0.3) is 10.1 Å². The number of benzene rings is 3. The minimum atomic E-state index is -5.04. The van der Waals surface area contributed by atoms with Gasteiger partial charge in [-0.15, -0.1) is 0 Å². The Morgan fingerprint density at radius 3 is 1.93 bits per heavy atom. The largest absolute Gasteiger partial charge is 0.506 e. The van der Waals surface area contributed by atoms with E-state index in [0.29, 0.717) is 0 Å². The summed E-state index contributed by atoms with van der Waals surface area (Å²) >= 11 is 24.4. The zero-order valence-corrected chi connectivity index (χ0v) is 18.1. The van der Waals surface area contributed by atoms with Crippen LogP contribution < -0.4 is 0 Å². The third-order valence-electron chi connectivity index (χ3n) is 4.40. The van der Waals surface area contributed by atoms with Gasteiger partial charge in [-0.2, -0.15) is 8.42 Å². The second kappa shape index (κ2) is 7.87. The van der Waals surface area contributed by atoms with E-state index in [1.54, 1.807) is 0 Å². The molecule has 0 saturated heterocycles. The molecule has 0 heterocycles. The third-order valence-corrected chi connectivity index (χ3v) is 7.07. The first-order chi connectivity index (χ1) is 13.5. The van der Waals surface area contributed by atoms with Crippen LogP contribution in [-0.2, 0) is 14.9 Å². The van der Waals surface area contributed by atoms with Crippen LogP contribution in [0.3, 0.4) is 0 Å². The standard InChI is InChI=1S/C19H12Cl4O5S/c20-12-4-1-3-10(7-12)19(29(26,27)28,13-5-2-6-16(24)17(13)23)11-8-14(21)18(25)15(22)9-11/h1-9,24-25H,(H,26,27,28). The molecule has 152 valence electrons. The van der Waals surface area contributed by atoms with Gasteiger partial charge in [0.2, 0.25) is 0 Å². The summed E-state index contributed by atoms with van der Waals surface area (Å²) in [5.74, 6) is -0.871. The maximum atomic E-state index is 13.0. The molecule has 0 aliphatic carbocycles. The van der Waals surface area contributed by atoms with Crippen molar-refractivity contribution < 1.29 is 23.2 Å². The molecule has 0 spiro atoms. The highest BCUT2D eigenvalue weighted by Crippen LogP contribution is 2.50. The average molecular weight is 494 g/mol. The highest BCUT2D eigenvalue weighted by atomic mass is 35.5. The summed E-state index contributed by atoms with van der Waals surface area (Å²) in [6, 6.07) is 12.0. The number of hydrogen-bond acceptors (Lipinski definition) is 4. The van der Waals surface area contributed by atoms with Crippen molar-refractivity contribution in [3.8, 4) is 11.5 Å². The van der Waals surface area contributed by atoms with Crippen LogP contribution in [0.4, 0.5) is 0 Å². The molecule has 5 nitrogen and oxygen atoms in total. The summed E-state index contributed by atoms with van der Waals surface area (Å²) in [5.41, 5.74) is -0.276. The molecular formula is C19H12Cl4O5S. The normalized spacial score (nSPS) is 13.8. The Bertz CT molecular complexity index is 1190. The molecule has 0 aromatic heterocycles. The maximum Gasteiger partial charge on any atom is 0.283 e. The van der Waals surface area contributed by atoms with Crippen molar-refractivity contribution in [3.05, 3.63) is 91.4 Å². The van der Waals surface area contributed by atoms with Gasteiger partial charge in [0.1, 0.15) is 5.75 Å². The summed E-state index contributed by atoms with van der Waals surface area (Å²) in [6.45, 7) is 0. The smallest absolute Gasteiger partial charge is 0.283 e. The Balaban J connectivity index is 2.61. The van der Waals surface area contributed by atoms with E-state index in [1.165, 1.54) is 42.5 Å². The third kappa shape index (κ3) is 3.65. The molecule has 0 fully saturated rings. The summed E-state index contributed by atoms with van der Waals surface area (Å²) < 4.78 is 34.0. The highest BCUT2D eigenvalue weighted by Gasteiger charge is 2.50. The number of phenolic OH excluding ortho intramolecular Hbond substituents is 2. The Morgan fingerprint density at radius 1 is 0.793 bits per heavy atom. The van der Waals surface area contributed by atoms with E-state index < -0.39 is 26.4 Å². The zero-order chi connectivity index (χ0) is 21.6. The second-order valence-electron chi connectivity index (χ2n) is 6.09. The van der Waals surface area contributed by atoms with E-state index >= 15 is 0 Å². The maximum absolute atomic E-state index is 13.0. The lowest BCUT2D eigenvalue weighted by atomic mass is 9.83. The molecule has 1 unspecified atom stereocenters. The average Bonchev–Trinajstić information content (AvgIpc) is 2.62. The molecule has 0 aliphatic rings. The van der Waals surface area contributed by atoms with E-state index in [2.05, 4.69) is 0 Å². The highest BCUT2D eigenvalue weighted by molar-refractivity contribution is 7.87. The quantitative estimate of drug-likeness (QED) is 0.311. The van der Waals surface area contributed by atoms with Gasteiger partial charge in [0, 0.05) is 10.6 Å². The zero-order valence-electron chi connectivity index (χ0n) is 14.3. The van der Waals surface area contributed by atoms with E-state index in [9.17, 15) is 23.2 Å². The molecule has 0 radical (unpaired) electrons. The number of phenols is 2. The van der Waals surface area contributed by atoms with Crippen LogP contribution in [0.1, 0.15) is 16.7 Å². The van der Waals surface area contributed by atoms with Crippen molar-refractivity contribution in [2.24, 2.45) is 0 Å². The Morgan fingerprint density at radius 2 is 1.38 bits per heavy atom. The molecule has 29 heavy (non-hydrogen) atoms. The minimum Gasteiger partial charge on any atom is -0.506 e. The predicted molar refractivity (Wildman–Crippen MR) is 114 cm³/mol. The van der Waals surface area contributed by atoms with E-state index in [-0.39, 0.29) is 36.8 Å². The van der Waals surface area contributed by atoms with Gasteiger partial charge in [-0.1, -0.05) is 70.7 Å². The molecule has 1 atom stereocenters. The summed E-state index contributed by atoms with van der Waals surface area (Å²) in [5, 5.41) is 19.4. The number of rotatable bonds is 4. The van der Waals surface area contributed by atoms with Gasteiger partial charge in [0.15, 0.2) is 10.5 Å². The van der Waals surface area contributed by atoms with E-state index in [4.69, 9.17) is 46.4 Å². The van der Waals surface area contributed by atoms with Crippen LogP contribution >= 0.6 is 46.4 Å². The fourth-order valence-corrected chi connectivity index (χ4v) is 5.47. The van der Waals surface area contributed by atoms with Crippen molar-refractivity contribution >= 4 is 56.5 Å². The van der Waals surface area contributed by atoms with E-state index in [0.717, 1.165) is 12.1 Å². The molecule has 3 aromatic carbocycles. The fourth-order valence-electron chi connectivity index (χ4n) is 3.18. The summed E-state index contributed by atoms with van der Waals surface area (Å²) in [7, 11) is -5.04. The van der Waals surface area contributed by atoms with Crippen LogP contribution in [0.5, 0.6) is 11.5 Å². The van der Waals surface area contributed by atoms with Crippen LogP contribution in [0.25, 0.3) is 0 Å². The Kier molecular flexibility index (Phi) is 5.98. The van der Waals surface area contributed by atoms with Crippen molar-refractivity contribution in [2.45, 2.75) is 4.75 Å². The Labute approximate surface area is 186 Å². The van der Waals surface area contributed by atoms with Gasteiger partial charge in [0.05, 0.1) is 15.1 Å². The van der Waals surface area contributed by atoms with Gasteiger partial charge in [-0.25, -0.2) is 0 Å². The molecule has 3 rings (SSSR count). The van der Waals surface area contributed by atoms with Crippen LogP contribution in [-0.4, -0.2) is 23.2 Å². The molecular weight excluding hydrogens is 482 g/mol. The topological polar surface area (TPSA) is 94.8 Å². The SMILES string of the molecule is O=S(=O)(O)C(c1cccc(Cl)c1)(c1cc(Cl)c(O)c(Cl)c1)c1cccc(O)c1Cl. The lowest BCUT2D eigenvalue weighted by Crippen LogP contribution is -2.38.